The smallest absolute Gasteiger partial charge is 0.00172 e. The van der Waals surface area contributed by atoms with Gasteiger partial charge in [-0.15, -0.1) is 0 Å². The van der Waals surface area contributed by atoms with Crippen LogP contribution in [-0.4, -0.2) is 26.2 Å². The van der Waals surface area contributed by atoms with E-state index < -0.39 is 0 Å². The summed E-state index contributed by atoms with van der Waals surface area (Å²) in [5.41, 5.74) is 0.807. The Morgan fingerprint density at radius 2 is 1.85 bits per heavy atom. The lowest BCUT2D eigenvalue weighted by Gasteiger charge is -2.25. The fourth-order valence-corrected chi connectivity index (χ4v) is 3.57. The van der Waals surface area contributed by atoms with Crippen molar-refractivity contribution in [3.8, 4) is 0 Å². The Labute approximate surface area is 80.5 Å². The first kappa shape index (κ1) is 8.25. The zero-order valence-corrected chi connectivity index (χ0v) is 8.31. The van der Waals surface area contributed by atoms with Gasteiger partial charge >= 0.3 is 0 Å². The zero-order chi connectivity index (χ0) is 8.73. The number of rotatable bonds is 1. The van der Waals surface area contributed by atoms with Crippen LogP contribution in [-0.2, 0) is 0 Å². The molecule has 2 heteroatoms. The Hall–Kier alpha value is -0.0800. The predicted octanol–water partition coefficient (Wildman–Crippen LogP) is 0.986. The third kappa shape index (κ3) is 1.31. The molecule has 2 saturated heterocycles. The summed E-state index contributed by atoms with van der Waals surface area (Å²) in [4.78, 5) is 0. The summed E-state index contributed by atoms with van der Waals surface area (Å²) in [6, 6.07) is 0. The molecule has 1 saturated carbocycles. The Morgan fingerprint density at radius 3 is 2.54 bits per heavy atom. The molecule has 0 aromatic carbocycles. The largest absolute Gasteiger partial charge is 0.317 e. The monoisotopic (exact) mass is 180 g/mol. The van der Waals surface area contributed by atoms with Crippen LogP contribution >= 0.6 is 0 Å². The van der Waals surface area contributed by atoms with Crippen molar-refractivity contribution < 1.29 is 0 Å². The predicted molar refractivity (Wildman–Crippen MR) is 53.6 cm³/mol. The average molecular weight is 180 g/mol. The molecule has 3 rings (SSSR count). The lowest BCUT2D eigenvalue weighted by molar-refractivity contribution is 0.289. The standard InChI is InChI=1S/C11H20N2/c1-4-13-8-9(1)10-7-11(10)2-5-12-6-3-11/h9-10,12-13H,1-8H2. The van der Waals surface area contributed by atoms with Crippen molar-refractivity contribution in [3.05, 3.63) is 0 Å². The van der Waals surface area contributed by atoms with E-state index in [0.29, 0.717) is 0 Å². The average Bonchev–Trinajstić information content (AvgIpc) is 2.68. The molecule has 2 unspecified atom stereocenters. The number of nitrogens with one attached hydrogen (secondary N) is 2. The first-order valence-electron chi connectivity index (χ1n) is 5.82. The van der Waals surface area contributed by atoms with E-state index in [2.05, 4.69) is 10.6 Å². The highest BCUT2D eigenvalue weighted by Gasteiger charge is 2.56. The van der Waals surface area contributed by atoms with Crippen molar-refractivity contribution in [2.45, 2.75) is 25.7 Å². The molecule has 2 atom stereocenters. The maximum Gasteiger partial charge on any atom is -0.00172 e. The summed E-state index contributed by atoms with van der Waals surface area (Å²) >= 11 is 0. The van der Waals surface area contributed by atoms with Gasteiger partial charge < -0.3 is 10.6 Å². The highest BCUT2D eigenvalue weighted by Crippen LogP contribution is 2.62. The van der Waals surface area contributed by atoms with E-state index in [1.165, 1.54) is 45.4 Å². The fraction of sp³-hybridized carbons (Fsp3) is 1.00. The third-order valence-electron chi connectivity index (χ3n) is 4.52. The van der Waals surface area contributed by atoms with Crippen molar-refractivity contribution in [2.24, 2.45) is 17.3 Å². The number of hydrogen-bond acceptors (Lipinski definition) is 2. The molecule has 0 aromatic rings. The maximum absolute atomic E-state index is 3.50. The Morgan fingerprint density at radius 1 is 1.00 bits per heavy atom. The van der Waals surface area contributed by atoms with Crippen molar-refractivity contribution >= 4 is 0 Å². The molecule has 2 aliphatic heterocycles. The molecule has 0 radical (unpaired) electrons. The zero-order valence-electron chi connectivity index (χ0n) is 8.31. The van der Waals surface area contributed by atoms with E-state index in [-0.39, 0.29) is 0 Å². The summed E-state index contributed by atoms with van der Waals surface area (Å²) in [5, 5.41) is 6.98. The van der Waals surface area contributed by atoms with Crippen LogP contribution in [0.2, 0.25) is 0 Å². The number of hydrogen-bond donors (Lipinski definition) is 2. The van der Waals surface area contributed by atoms with Crippen LogP contribution in [0.1, 0.15) is 25.7 Å². The lowest BCUT2D eigenvalue weighted by Crippen LogP contribution is -2.30. The summed E-state index contributed by atoms with van der Waals surface area (Å²) < 4.78 is 0. The minimum atomic E-state index is 0.807. The Bertz CT molecular complexity index is 190. The molecule has 0 aromatic heterocycles. The van der Waals surface area contributed by atoms with Gasteiger partial charge in [-0.3, -0.25) is 0 Å². The van der Waals surface area contributed by atoms with Crippen molar-refractivity contribution in [1.82, 2.24) is 10.6 Å². The van der Waals surface area contributed by atoms with Crippen LogP contribution in [0, 0.1) is 17.3 Å². The molecular weight excluding hydrogens is 160 g/mol. The van der Waals surface area contributed by atoms with E-state index in [4.69, 9.17) is 0 Å². The molecule has 2 heterocycles. The first-order valence-corrected chi connectivity index (χ1v) is 5.82. The first-order chi connectivity index (χ1) is 6.41. The third-order valence-corrected chi connectivity index (χ3v) is 4.52. The summed E-state index contributed by atoms with van der Waals surface area (Å²) in [7, 11) is 0. The van der Waals surface area contributed by atoms with Crippen LogP contribution in [0.4, 0.5) is 0 Å². The SMILES string of the molecule is C1CC2(CCN1)CC2C1CCNC1. The van der Waals surface area contributed by atoms with E-state index in [0.717, 1.165) is 17.3 Å². The van der Waals surface area contributed by atoms with Gasteiger partial charge in [-0.05, 0) is 69.1 Å². The lowest BCUT2D eigenvalue weighted by atomic mass is 9.87. The van der Waals surface area contributed by atoms with Crippen molar-refractivity contribution in [3.63, 3.8) is 0 Å². The fourth-order valence-electron chi connectivity index (χ4n) is 3.57. The van der Waals surface area contributed by atoms with E-state index in [9.17, 15) is 0 Å². The van der Waals surface area contributed by atoms with Crippen LogP contribution in [0.25, 0.3) is 0 Å². The second-order valence-corrected chi connectivity index (χ2v) is 5.18. The molecule has 74 valence electrons. The van der Waals surface area contributed by atoms with Gasteiger partial charge in [0.25, 0.3) is 0 Å². The molecule has 0 bridgehead atoms. The van der Waals surface area contributed by atoms with Crippen LogP contribution in [0.15, 0.2) is 0 Å². The molecule has 2 nitrogen and oxygen atoms in total. The van der Waals surface area contributed by atoms with E-state index >= 15 is 0 Å². The molecule has 2 N–H and O–H groups in total. The molecule has 13 heavy (non-hydrogen) atoms. The molecule has 1 aliphatic carbocycles. The van der Waals surface area contributed by atoms with E-state index in [1.807, 2.05) is 0 Å². The normalized spacial score (nSPS) is 42.5. The van der Waals surface area contributed by atoms with Gasteiger partial charge in [0.05, 0.1) is 0 Å². The highest BCUT2D eigenvalue weighted by molar-refractivity contribution is 5.07. The van der Waals surface area contributed by atoms with Gasteiger partial charge in [0.15, 0.2) is 0 Å². The minimum Gasteiger partial charge on any atom is -0.317 e. The highest BCUT2D eigenvalue weighted by atomic mass is 14.9. The van der Waals surface area contributed by atoms with Gasteiger partial charge in [0.2, 0.25) is 0 Å². The minimum absolute atomic E-state index is 0.807. The van der Waals surface area contributed by atoms with E-state index in [1.54, 1.807) is 6.42 Å². The Balaban J connectivity index is 1.63. The topological polar surface area (TPSA) is 24.1 Å². The number of piperidine rings is 1. The van der Waals surface area contributed by atoms with Crippen LogP contribution in [0.3, 0.4) is 0 Å². The Kier molecular flexibility index (Phi) is 1.88. The molecule has 0 amide bonds. The van der Waals surface area contributed by atoms with Crippen molar-refractivity contribution in [1.29, 1.82) is 0 Å². The summed E-state index contributed by atoms with van der Waals surface area (Å²) in [6.07, 6.45) is 5.89. The van der Waals surface area contributed by atoms with Gasteiger partial charge in [0.1, 0.15) is 0 Å². The molecule has 1 spiro atoms. The maximum atomic E-state index is 3.50. The van der Waals surface area contributed by atoms with Crippen LogP contribution in [0.5, 0.6) is 0 Å². The van der Waals surface area contributed by atoms with Crippen molar-refractivity contribution in [2.75, 3.05) is 26.2 Å². The quantitative estimate of drug-likeness (QED) is 0.629. The van der Waals surface area contributed by atoms with Gasteiger partial charge in [0, 0.05) is 0 Å². The van der Waals surface area contributed by atoms with Gasteiger partial charge in [-0.25, -0.2) is 0 Å². The molecule has 3 fully saturated rings. The molecular formula is C11H20N2. The van der Waals surface area contributed by atoms with Crippen LogP contribution < -0.4 is 10.6 Å². The summed E-state index contributed by atoms with van der Waals surface area (Å²) in [5.74, 6) is 2.11. The molecule has 3 aliphatic rings. The van der Waals surface area contributed by atoms with Gasteiger partial charge in [-0.1, -0.05) is 0 Å². The van der Waals surface area contributed by atoms with Gasteiger partial charge in [-0.2, -0.15) is 0 Å². The second-order valence-electron chi connectivity index (χ2n) is 5.18. The summed E-state index contributed by atoms with van der Waals surface area (Å²) in [6.45, 7) is 5.13. The second kappa shape index (κ2) is 2.96.